The maximum atomic E-state index is 12.9. The Hall–Kier alpha value is -2.51. The van der Waals surface area contributed by atoms with Gasteiger partial charge in [-0.2, -0.15) is 0 Å². The van der Waals surface area contributed by atoms with Crippen molar-refractivity contribution in [3.05, 3.63) is 58.0 Å². The number of rotatable bonds is 6. The zero-order valence-corrected chi connectivity index (χ0v) is 18.8. The minimum atomic E-state index is -0.0457. The van der Waals surface area contributed by atoms with Gasteiger partial charge in [-0.15, -0.1) is 0 Å². The maximum absolute atomic E-state index is 12.9. The molecule has 1 atom stereocenters. The number of thioether (sulfide) groups is 1. The molecule has 0 N–H and O–H groups in total. The van der Waals surface area contributed by atoms with Crippen molar-refractivity contribution in [3.8, 4) is 17.2 Å². The number of amides is 1. The van der Waals surface area contributed by atoms with Crippen LogP contribution in [0.5, 0.6) is 17.2 Å². The topological polar surface area (TPSA) is 48.0 Å². The minimum absolute atomic E-state index is 0.0457. The predicted octanol–water partition coefficient (Wildman–Crippen LogP) is 4.47. The Morgan fingerprint density at radius 1 is 1.20 bits per heavy atom. The van der Waals surface area contributed by atoms with Crippen LogP contribution in [0, 0.1) is 0 Å². The summed E-state index contributed by atoms with van der Waals surface area (Å²) < 4.78 is 17.0. The Labute approximate surface area is 186 Å². The van der Waals surface area contributed by atoms with Gasteiger partial charge < -0.3 is 14.2 Å². The van der Waals surface area contributed by atoms with E-state index < -0.39 is 0 Å². The molecule has 2 heterocycles. The fourth-order valence-corrected chi connectivity index (χ4v) is 4.96. The van der Waals surface area contributed by atoms with Gasteiger partial charge in [-0.05, 0) is 60.4 Å². The predicted molar refractivity (Wildman–Crippen MR) is 123 cm³/mol. The second-order valence-electron chi connectivity index (χ2n) is 7.27. The van der Waals surface area contributed by atoms with Crippen LogP contribution >= 0.6 is 24.0 Å². The molecule has 1 unspecified atom stereocenters. The van der Waals surface area contributed by atoms with Crippen LogP contribution in [0.25, 0.3) is 6.08 Å². The molecule has 2 aromatic rings. The Balaban J connectivity index is 1.46. The van der Waals surface area contributed by atoms with E-state index in [2.05, 4.69) is 13.0 Å². The van der Waals surface area contributed by atoms with E-state index in [1.807, 2.05) is 36.4 Å². The molecular weight excluding hydrogens is 418 g/mol. The maximum Gasteiger partial charge on any atom is 0.266 e. The second-order valence-corrected chi connectivity index (χ2v) is 8.95. The summed E-state index contributed by atoms with van der Waals surface area (Å²) in [5, 5.41) is 0. The number of fused-ring (bicyclic) bond motifs is 1. The highest BCUT2D eigenvalue weighted by Crippen LogP contribution is 2.35. The smallest absolute Gasteiger partial charge is 0.266 e. The molecule has 156 valence electrons. The number of carbonyl (C=O) groups excluding carboxylic acids is 1. The molecule has 4 rings (SSSR count). The Morgan fingerprint density at radius 2 is 2.00 bits per heavy atom. The minimum Gasteiger partial charge on any atom is -0.493 e. The molecule has 1 amide bonds. The molecule has 5 nitrogen and oxygen atoms in total. The van der Waals surface area contributed by atoms with Crippen molar-refractivity contribution in [1.82, 2.24) is 4.90 Å². The molecule has 0 saturated carbocycles. The lowest BCUT2D eigenvalue weighted by atomic mass is 10.1. The molecule has 0 bridgehead atoms. The first kappa shape index (κ1) is 20.8. The van der Waals surface area contributed by atoms with Gasteiger partial charge in [-0.3, -0.25) is 9.69 Å². The molecule has 2 aliphatic heterocycles. The van der Waals surface area contributed by atoms with Crippen molar-refractivity contribution in [3.63, 3.8) is 0 Å². The Morgan fingerprint density at radius 3 is 2.77 bits per heavy atom. The van der Waals surface area contributed by atoms with Gasteiger partial charge >= 0.3 is 0 Å². The highest BCUT2D eigenvalue weighted by molar-refractivity contribution is 8.26. The van der Waals surface area contributed by atoms with Gasteiger partial charge in [0.1, 0.15) is 16.2 Å². The summed E-state index contributed by atoms with van der Waals surface area (Å²) in [6, 6.07) is 11.8. The number of carbonyl (C=O) groups is 1. The number of methoxy groups -OCH3 is 2. The molecule has 1 fully saturated rings. The quantitative estimate of drug-likeness (QED) is 0.487. The standard InChI is InChI=1S/C23H23NO4S2/c1-14-10-17-11-16(5-6-18(17)28-14)13-21-22(25)24(23(29)30-21)9-8-15-4-7-19(26-2)20(12-15)27-3/h4-7,11-14H,8-10H2,1-3H3/b21-13-. The second kappa shape index (κ2) is 8.70. The summed E-state index contributed by atoms with van der Waals surface area (Å²) in [5.41, 5.74) is 3.23. The van der Waals surface area contributed by atoms with Gasteiger partial charge in [0.2, 0.25) is 0 Å². The van der Waals surface area contributed by atoms with Crippen molar-refractivity contribution in [2.45, 2.75) is 25.9 Å². The summed E-state index contributed by atoms with van der Waals surface area (Å²) in [6.07, 6.45) is 3.68. The first-order chi connectivity index (χ1) is 14.5. The largest absolute Gasteiger partial charge is 0.493 e. The van der Waals surface area contributed by atoms with Gasteiger partial charge in [0.25, 0.3) is 5.91 Å². The molecular formula is C23H23NO4S2. The highest BCUT2D eigenvalue weighted by atomic mass is 32.2. The molecule has 2 aliphatic rings. The van der Waals surface area contributed by atoms with Crippen LogP contribution in [0.15, 0.2) is 41.3 Å². The average molecular weight is 442 g/mol. The molecule has 0 spiro atoms. The van der Waals surface area contributed by atoms with Crippen LogP contribution in [0.1, 0.15) is 23.6 Å². The normalized spacial score (nSPS) is 19.2. The molecule has 0 radical (unpaired) electrons. The summed E-state index contributed by atoms with van der Waals surface area (Å²) in [4.78, 5) is 15.3. The monoisotopic (exact) mass is 441 g/mol. The fourth-order valence-electron chi connectivity index (χ4n) is 3.65. The van der Waals surface area contributed by atoms with Gasteiger partial charge in [0, 0.05) is 13.0 Å². The molecule has 0 aliphatic carbocycles. The Kier molecular flexibility index (Phi) is 6.01. The number of nitrogens with zero attached hydrogens (tertiary/aromatic N) is 1. The van der Waals surface area contributed by atoms with E-state index in [1.165, 1.54) is 17.3 Å². The lowest BCUT2D eigenvalue weighted by molar-refractivity contribution is -0.122. The van der Waals surface area contributed by atoms with E-state index >= 15 is 0 Å². The van der Waals surface area contributed by atoms with E-state index in [0.717, 1.165) is 23.3 Å². The lowest BCUT2D eigenvalue weighted by Crippen LogP contribution is -2.30. The van der Waals surface area contributed by atoms with Crippen molar-refractivity contribution in [2.24, 2.45) is 0 Å². The van der Waals surface area contributed by atoms with Gasteiger partial charge in [0.15, 0.2) is 11.5 Å². The third-order valence-corrected chi connectivity index (χ3v) is 6.54. The third kappa shape index (κ3) is 4.18. The number of hydrogen-bond donors (Lipinski definition) is 0. The number of thiocarbonyl (C=S) groups is 1. The number of benzene rings is 2. The summed E-state index contributed by atoms with van der Waals surface area (Å²) in [5.74, 6) is 2.25. The van der Waals surface area contributed by atoms with Crippen LogP contribution in [0.4, 0.5) is 0 Å². The Bertz CT molecular complexity index is 1030. The van der Waals surface area contributed by atoms with E-state index in [1.54, 1.807) is 19.1 Å². The van der Waals surface area contributed by atoms with Crippen molar-refractivity contribution >= 4 is 40.3 Å². The number of ether oxygens (including phenoxy) is 3. The summed E-state index contributed by atoms with van der Waals surface area (Å²) in [7, 11) is 3.22. The van der Waals surface area contributed by atoms with Gasteiger partial charge in [-0.1, -0.05) is 36.1 Å². The van der Waals surface area contributed by atoms with E-state index in [-0.39, 0.29) is 12.0 Å². The van der Waals surface area contributed by atoms with E-state index in [0.29, 0.717) is 33.7 Å². The van der Waals surface area contributed by atoms with Crippen LogP contribution in [0.2, 0.25) is 0 Å². The van der Waals surface area contributed by atoms with Gasteiger partial charge in [-0.25, -0.2) is 0 Å². The molecule has 2 aromatic carbocycles. The summed E-state index contributed by atoms with van der Waals surface area (Å²) in [6.45, 7) is 2.58. The number of hydrogen-bond acceptors (Lipinski definition) is 6. The molecule has 7 heteroatoms. The van der Waals surface area contributed by atoms with E-state index in [4.69, 9.17) is 26.4 Å². The first-order valence-corrected chi connectivity index (χ1v) is 11.0. The van der Waals surface area contributed by atoms with Crippen molar-refractivity contribution in [1.29, 1.82) is 0 Å². The van der Waals surface area contributed by atoms with Crippen molar-refractivity contribution < 1.29 is 19.0 Å². The molecule has 30 heavy (non-hydrogen) atoms. The lowest BCUT2D eigenvalue weighted by Gasteiger charge is -2.15. The van der Waals surface area contributed by atoms with Crippen LogP contribution in [-0.4, -0.2) is 42.0 Å². The fraction of sp³-hybridized carbons (Fsp3) is 0.304. The molecule has 1 saturated heterocycles. The molecule has 0 aromatic heterocycles. The summed E-state index contributed by atoms with van der Waals surface area (Å²) >= 11 is 6.82. The van der Waals surface area contributed by atoms with Crippen LogP contribution < -0.4 is 14.2 Å². The van der Waals surface area contributed by atoms with E-state index in [9.17, 15) is 4.79 Å². The average Bonchev–Trinajstić information content (AvgIpc) is 3.24. The van der Waals surface area contributed by atoms with Crippen LogP contribution in [-0.2, 0) is 17.6 Å². The zero-order chi connectivity index (χ0) is 21.3. The van der Waals surface area contributed by atoms with Crippen molar-refractivity contribution in [2.75, 3.05) is 20.8 Å². The third-order valence-electron chi connectivity index (χ3n) is 5.16. The first-order valence-electron chi connectivity index (χ1n) is 9.74. The zero-order valence-electron chi connectivity index (χ0n) is 17.1. The highest BCUT2D eigenvalue weighted by Gasteiger charge is 2.31. The van der Waals surface area contributed by atoms with Gasteiger partial charge in [0.05, 0.1) is 19.1 Å². The SMILES string of the molecule is COc1ccc(CCN2C(=O)/C(=C/c3ccc4c(c3)CC(C)O4)SC2=S)cc1OC. The van der Waals surface area contributed by atoms with Crippen LogP contribution in [0.3, 0.4) is 0 Å².